The second kappa shape index (κ2) is 1.60. The average molecular weight is 152 g/mol. The lowest BCUT2D eigenvalue weighted by atomic mass is 10.5. The number of thiol groups is 2. The highest BCUT2D eigenvalue weighted by Gasteiger charge is 2.51. The maximum absolute atomic E-state index is 10.3. The van der Waals surface area contributed by atoms with Crippen molar-refractivity contribution in [2.45, 2.75) is 4.08 Å². The quantitative estimate of drug-likeness (QED) is 0.427. The minimum Gasteiger partial charge on any atom is -0.285 e. The molecule has 1 aliphatic heterocycles. The molecular formula is C3H4OS3. The van der Waals surface area contributed by atoms with E-state index in [-0.39, 0.29) is 5.12 Å². The first-order chi connectivity index (χ1) is 3.19. The van der Waals surface area contributed by atoms with Gasteiger partial charge in [-0.2, -0.15) is 25.3 Å². The van der Waals surface area contributed by atoms with Crippen LogP contribution in [0.3, 0.4) is 0 Å². The molecule has 1 saturated heterocycles. The molecule has 4 heteroatoms. The van der Waals surface area contributed by atoms with Crippen molar-refractivity contribution < 1.29 is 4.79 Å². The molecule has 0 bridgehead atoms. The lowest BCUT2D eigenvalue weighted by Gasteiger charge is -1.89. The van der Waals surface area contributed by atoms with Gasteiger partial charge in [0.05, 0.1) is 0 Å². The Hall–Kier alpha value is 0.720. The molecule has 1 heterocycles. The molecular weight excluding hydrogens is 148 g/mol. The smallest absolute Gasteiger partial charge is 0.217 e. The van der Waals surface area contributed by atoms with Crippen LogP contribution in [0.15, 0.2) is 0 Å². The summed E-state index contributed by atoms with van der Waals surface area (Å²) in [5.41, 5.74) is 0. The van der Waals surface area contributed by atoms with E-state index in [0.29, 0.717) is 5.75 Å². The normalized spacial score (nSPS) is 38.9. The standard InChI is InChI=1S/C3H4OS3/c4-2-3(6,1-5)7-2/h5-6H,1H2. The lowest BCUT2D eigenvalue weighted by Crippen LogP contribution is -2.01. The van der Waals surface area contributed by atoms with Gasteiger partial charge in [-0.05, 0) is 0 Å². The Kier molecular flexibility index (Phi) is 1.34. The van der Waals surface area contributed by atoms with Crippen molar-refractivity contribution in [2.75, 3.05) is 5.75 Å². The molecule has 0 spiro atoms. The number of hydrogen-bond acceptors (Lipinski definition) is 4. The Morgan fingerprint density at radius 3 is 2.29 bits per heavy atom. The zero-order valence-corrected chi connectivity index (χ0v) is 6.02. The first kappa shape index (κ1) is 5.85. The third-order valence-corrected chi connectivity index (χ3v) is 3.47. The molecule has 0 aliphatic carbocycles. The Morgan fingerprint density at radius 2 is 2.29 bits per heavy atom. The third-order valence-electron chi connectivity index (χ3n) is 0.753. The Bertz CT molecular complexity index is 113. The molecule has 0 N–H and O–H groups in total. The highest BCUT2D eigenvalue weighted by molar-refractivity contribution is 8.35. The van der Waals surface area contributed by atoms with Crippen molar-refractivity contribution in [3.8, 4) is 0 Å². The van der Waals surface area contributed by atoms with Gasteiger partial charge in [0.2, 0.25) is 5.12 Å². The molecule has 0 saturated carbocycles. The monoisotopic (exact) mass is 152 g/mol. The van der Waals surface area contributed by atoms with E-state index in [1.807, 2.05) is 0 Å². The summed E-state index contributed by atoms with van der Waals surface area (Å²) in [4.78, 5) is 10.3. The van der Waals surface area contributed by atoms with Crippen LogP contribution in [0, 0.1) is 0 Å². The van der Waals surface area contributed by atoms with Gasteiger partial charge in [-0.15, -0.1) is 0 Å². The van der Waals surface area contributed by atoms with Crippen molar-refractivity contribution in [1.82, 2.24) is 0 Å². The van der Waals surface area contributed by atoms with E-state index < -0.39 is 4.08 Å². The minimum atomic E-state index is -0.414. The van der Waals surface area contributed by atoms with Crippen LogP contribution in [-0.4, -0.2) is 14.9 Å². The lowest BCUT2D eigenvalue weighted by molar-refractivity contribution is -0.108. The zero-order valence-electron chi connectivity index (χ0n) is 3.42. The van der Waals surface area contributed by atoms with Gasteiger partial charge in [0.15, 0.2) is 0 Å². The van der Waals surface area contributed by atoms with E-state index in [1.165, 1.54) is 11.8 Å². The summed E-state index contributed by atoms with van der Waals surface area (Å²) in [5, 5.41) is 0.144. The molecule has 1 fully saturated rings. The molecule has 7 heavy (non-hydrogen) atoms. The predicted molar refractivity (Wildman–Crippen MR) is 38.2 cm³/mol. The molecule has 0 aromatic rings. The largest absolute Gasteiger partial charge is 0.285 e. The van der Waals surface area contributed by atoms with E-state index in [9.17, 15) is 4.79 Å². The van der Waals surface area contributed by atoms with Gasteiger partial charge in [-0.1, -0.05) is 11.8 Å². The van der Waals surface area contributed by atoms with Crippen molar-refractivity contribution >= 4 is 42.1 Å². The second-order valence-corrected chi connectivity index (χ2v) is 3.99. The second-order valence-electron chi connectivity index (χ2n) is 1.33. The summed E-state index contributed by atoms with van der Waals surface area (Å²) in [6.45, 7) is 0. The molecule has 1 unspecified atom stereocenters. The van der Waals surface area contributed by atoms with Crippen LogP contribution in [0.1, 0.15) is 0 Å². The maximum atomic E-state index is 10.3. The van der Waals surface area contributed by atoms with E-state index in [1.54, 1.807) is 0 Å². The van der Waals surface area contributed by atoms with E-state index in [4.69, 9.17) is 0 Å². The molecule has 1 rings (SSSR count). The van der Waals surface area contributed by atoms with Crippen LogP contribution < -0.4 is 0 Å². The summed E-state index contributed by atoms with van der Waals surface area (Å²) in [6, 6.07) is 0. The summed E-state index contributed by atoms with van der Waals surface area (Å²) < 4.78 is -0.414. The van der Waals surface area contributed by atoms with E-state index in [2.05, 4.69) is 25.3 Å². The fourth-order valence-corrected chi connectivity index (χ4v) is 1.31. The molecule has 0 radical (unpaired) electrons. The van der Waals surface area contributed by atoms with Gasteiger partial charge in [0.25, 0.3) is 0 Å². The summed E-state index contributed by atoms with van der Waals surface area (Å²) in [7, 11) is 0. The van der Waals surface area contributed by atoms with Crippen LogP contribution in [0.5, 0.6) is 0 Å². The Morgan fingerprint density at radius 1 is 1.86 bits per heavy atom. The van der Waals surface area contributed by atoms with Gasteiger partial charge >= 0.3 is 0 Å². The topological polar surface area (TPSA) is 17.1 Å². The summed E-state index contributed by atoms with van der Waals surface area (Å²) in [5.74, 6) is 0.541. The first-order valence-corrected chi connectivity index (χ1v) is 3.65. The zero-order chi connectivity index (χ0) is 5.49. The van der Waals surface area contributed by atoms with Gasteiger partial charge < -0.3 is 0 Å². The fourth-order valence-electron chi connectivity index (χ4n) is 0.225. The van der Waals surface area contributed by atoms with Gasteiger partial charge in [-0.3, -0.25) is 4.79 Å². The van der Waals surface area contributed by atoms with Gasteiger partial charge in [0, 0.05) is 5.75 Å². The highest BCUT2D eigenvalue weighted by atomic mass is 32.2. The Balaban J connectivity index is 2.52. The van der Waals surface area contributed by atoms with Crippen molar-refractivity contribution in [3.63, 3.8) is 0 Å². The number of hydrogen-bond donors (Lipinski definition) is 2. The SMILES string of the molecule is O=C1SC1(S)CS. The van der Waals surface area contributed by atoms with Crippen LogP contribution in [-0.2, 0) is 4.79 Å². The molecule has 1 aliphatic rings. The van der Waals surface area contributed by atoms with Crippen LogP contribution in [0.2, 0.25) is 0 Å². The summed E-state index contributed by atoms with van der Waals surface area (Å²) >= 11 is 9.15. The first-order valence-electron chi connectivity index (χ1n) is 1.76. The number of carbonyl (C=O) groups excluding carboxylic acids is 1. The van der Waals surface area contributed by atoms with Crippen LogP contribution in [0.4, 0.5) is 0 Å². The van der Waals surface area contributed by atoms with Crippen LogP contribution in [0.25, 0.3) is 0 Å². The number of rotatable bonds is 1. The average Bonchev–Trinajstić information content (AvgIpc) is 2.18. The fraction of sp³-hybridized carbons (Fsp3) is 0.667. The Labute approximate surface area is 57.1 Å². The number of thioether (sulfide) groups is 1. The molecule has 40 valence electrons. The third kappa shape index (κ3) is 0.925. The minimum absolute atomic E-state index is 0.144. The number of carbonyl (C=O) groups is 1. The highest BCUT2D eigenvalue weighted by Crippen LogP contribution is 2.50. The molecule has 0 amide bonds. The van der Waals surface area contributed by atoms with Crippen molar-refractivity contribution in [3.05, 3.63) is 0 Å². The van der Waals surface area contributed by atoms with Gasteiger partial charge in [-0.25, -0.2) is 0 Å². The van der Waals surface area contributed by atoms with Gasteiger partial charge in [0.1, 0.15) is 4.08 Å². The van der Waals surface area contributed by atoms with Crippen molar-refractivity contribution in [1.29, 1.82) is 0 Å². The molecule has 1 atom stereocenters. The van der Waals surface area contributed by atoms with E-state index in [0.717, 1.165) is 0 Å². The van der Waals surface area contributed by atoms with Crippen LogP contribution >= 0.6 is 37.0 Å². The predicted octanol–water partition coefficient (Wildman–Crippen LogP) is 0.816. The maximum Gasteiger partial charge on any atom is 0.217 e. The van der Waals surface area contributed by atoms with E-state index >= 15 is 0 Å². The molecule has 1 nitrogen and oxygen atoms in total. The molecule has 0 aromatic heterocycles. The summed E-state index contributed by atoms with van der Waals surface area (Å²) in [6.07, 6.45) is 0. The van der Waals surface area contributed by atoms with Crippen molar-refractivity contribution in [2.24, 2.45) is 0 Å². The molecule has 0 aromatic carbocycles.